The summed E-state index contributed by atoms with van der Waals surface area (Å²) in [6, 6.07) is 9.80. The van der Waals surface area contributed by atoms with E-state index in [9.17, 15) is 14.0 Å². The lowest BCUT2D eigenvalue weighted by Crippen LogP contribution is -2.47. The van der Waals surface area contributed by atoms with Crippen LogP contribution in [-0.4, -0.2) is 24.6 Å². The van der Waals surface area contributed by atoms with E-state index in [1.165, 1.54) is 6.07 Å². The van der Waals surface area contributed by atoms with Crippen molar-refractivity contribution in [3.05, 3.63) is 53.1 Å². The van der Waals surface area contributed by atoms with Gasteiger partial charge in [0.15, 0.2) is 0 Å². The van der Waals surface area contributed by atoms with Gasteiger partial charge in [-0.3, -0.25) is 4.79 Å². The lowest BCUT2D eigenvalue weighted by atomic mass is 10.2. The second kappa shape index (κ2) is 7.40. The summed E-state index contributed by atoms with van der Waals surface area (Å²) in [4.78, 5) is 24.3. The first kappa shape index (κ1) is 17.0. The van der Waals surface area contributed by atoms with Crippen LogP contribution in [0, 0.1) is 0 Å². The van der Waals surface area contributed by atoms with Crippen LogP contribution in [0.4, 0.5) is 20.6 Å². The SMILES string of the molecule is O=C(Nc1cccc(Cl)c1)NC1COc2cc(CF)ccc2NC1=O. The normalized spacial score (nSPS) is 16.1. The predicted octanol–water partition coefficient (Wildman–Crippen LogP) is 3.33. The Morgan fingerprint density at radius 1 is 1.32 bits per heavy atom. The second-order valence-corrected chi connectivity index (χ2v) is 5.86. The number of hydrogen-bond donors (Lipinski definition) is 3. The fraction of sp³-hybridized carbons (Fsp3) is 0.176. The number of alkyl halides is 1. The topological polar surface area (TPSA) is 79.5 Å². The molecule has 0 saturated heterocycles. The molecule has 130 valence electrons. The molecule has 1 atom stereocenters. The fourth-order valence-electron chi connectivity index (χ4n) is 2.34. The van der Waals surface area contributed by atoms with E-state index >= 15 is 0 Å². The molecule has 8 heteroatoms. The van der Waals surface area contributed by atoms with Gasteiger partial charge in [-0.05, 0) is 35.9 Å². The number of anilines is 2. The highest BCUT2D eigenvalue weighted by atomic mass is 35.5. The van der Waals surface area contributed by atoms with Crippen LogP contribution in [0.15, 0.2) is 42.5 Å². The van der Waals surface area contributed by atoms with E-state index in [0.717, 1.165) is 0 Å². The number of nitrogens with one attached hydrogen (secondary N) is 3. The molecule has 0 fully saturated rings. The Labute approximate surface area is 148 Å². The number of hydrogen-bond acceptors (Lipinski definition) is 3. The fourth-order valence-corrected chi connectivity index (χ4v) is 2.53. The summed E-state index contributed by atoms with van der Waals surface area (Å²) in [6.07, 6.45) is 0. The first-order valence-electron chi connectivity index (χ1n) is 7.51. The number of carbonyl (C=O) groups excluding carboxylic acids is 2. The Kier molecular flexibility index (Phi) is 5.04. The van der Waals surface area contributed by atoms with Crippen LogP contribution in [0.5, 0.6) is 5.75 Å². The van der Waals surface area contributed by atoms with Gasteiger partial charge in [-0.25, -0.2) is 9.18 Å². The third kappa shape index (κ3) is 4.19. The molecule has 0 aliphatic carbocycles. The largest absolute Gasteiger partial charge is 0.489 e. The van der Waals surface area contributed by atoms with Crippen molar-refractivity contribution < 1.29 is 18.7 Å². The highest BCUT2D eigenvalue weighted by Crippen LogP contribution is 2.28. The van der Waals surface area contributed by atoms with Crippen LogP contribution < -0.4 is 20.7 Å². The summed E-state index contributed by atoms with van der Waals surface area (Å²) in [7, 11) is 0. The lowest BCUT2D eigenvalue weighted by molar-refractivity contribution is -0.118. The van der Waals surface area contributed by atoms with Gasteiger partial charge in [0.05, 0.1) is 5.69 Å². The molecule has 1 aliphatic heterocycles. The molecular weight excluding hydrogens is 349 g/mol. The molecule has 25 heavy (non-hydrogen) atoms. The van der Waals surface area contributed by atoms with E-state index in [1.807, 2.05) is 0 Å². The van der Waals surface area contributed by atoms with Gasteiger partial charge in [-0.15, -0.1) is 0 Å². The van der Waals surface area contributed by atoms with Crippen molar-refractivity contribution in [3.8, 4) is 5.75 Å². The lowest BCUT2D eigenvalue weighted by Gasteiger charge is -2.15. The van der Waals surface area contributed by atoms with E-state index in [2.05, 4.69) is 16.0 Å². The van der Waals surface area contributed by atoms with E-state index < -0.39 is 24.7 Å². The molecule has 0 spiro atoms. The number of halogens is 2. The number of rotatable bonds is 3. The van der Waals surface area contributed by atoms with E-state index in [1.54, 1.807) is 36.4 Å². The smallest absolute Gasteiger partial charge is 0.320 e. The van der Waals surface area contributed by atoms with Crippen molar-refractivity contribution in [2.75, 3.05) is 17.2 Å². The van der Waals surface area contributed by atoms with Crippen LogP contribution in [0.1, 0.15) is 5.56 Å². The zero-order valence-electron chi connectivity index (χ0n) is 13.0. The first-order chi connectivity index (χ1) is 12.0. The zero-order valence-corrected chi connectivity index (χ0v) is 13.8. The molecule has 0 saturated carbocycles. The van der Waals surface area contributed by atoms with E-state index in [0.29, 0.717) is 27.7 Å². The Bertz CT molecular complexity index is 815. The van der Waals surface area contributed by atoms with Gasteiger partial charge in [0.25, 0.3) is 5.91 Å². The summed E-state index contributed by atoms with van der Waals surface area (Å²) >= 11 is 5.86. The molecule has 2 aromatic rings. The van der Waals surface area contributed by atoms with Gasteiger partial charge >= 0.3 is 6.03 Å². The average molecular weight is 364 g/mol. The average Bonchev–Trinajstić information content (AvgIpc) is 2.73. The highest BCUT2D eigenvalue weighted by Gasteiger charge is 2.26. The Morgan fingerprint density at radius 2 is 2.16 bits per heavy atom. The molecule has 0 radical (unpaired) electrons. The third-order valence-electron chi connectivity index (χ3n) is 3.57. The minimum Gasteiger partial charge on any atom is -0.489 e. The molecule has 1 heterocycles. The molecule has 3 amide bonds. The number of fused-ring (bicyclic) bond motifs is 1. The molecule has 1 unspecified atom stereocenters. The molecule has 3 N–H and O–H groups in total. The summed E-state index contributed by atoms with van der Waals surface area (Å²) in [5, 5.41) is 8.26. The first-order valence-corrected chi connectivity index (χ1v) is 7.88. The standard InChI is InChI=1S/C17H15ClFN3O3/c18-11-2-1-3-12(7-11)20-17(24)22-14-9-25-15-6-10(8-19)4-5-13(15)21-16(14)23/h1-7,14H,8-9H2,(H,21,23)(H2,20,22,24). The summed E-state index contributed by atoms with van der Waals surface area (Å²) in [6.45, 7) is -0.703. The molecule has 3 rings (SSSR count). The monoisotopic (exact) mass is 363 g/mol. The number of carbonyl (C=O) groups is 2. The molecule has 0 aromatic heterocycles. The maximum Gasteiger partial charge on any atom is 0.320 e. The maximum atomic E-state index is 12.7. The number of benzene rings is 2. The van der Waals surface area contributed by atoms with Crippen molar-refractivity contribution in [2.24, 2.45) is 0 Å². The van der Waals surface area contributed by atoms with Crippen molar-refractivity contribution in [1.82, 2.24) is 5.32 Å². The van der Waals surface area contributed by atoms with Gasteiger partial charge in [-0.1, -0.05) is 23.7 Å². The molecule has 6 nitrogen and oxygen atoms in total. The van der Waals surface area contributed by atoms with Crippen LogP contribution in [-0.2, 0) is 11.5 Å². The third-order valence-corrected chi connectivity index (χ3v) is 3.80. The summed E-state index contributed by atoms with van der Waals surface area (Å²) in [5.41, 5.74) is 1.37. The quantitative estimate of drug-likeness (QED) is 0.782. The summed E-state index contributed by atoms with van der Waals surface area (Å²) < 4.78 is 18.3. The number of amides is 3. The molecule has 1 aliphatic rings. The Hall–Kier alpha value is -2.80. The Morgan fingerprint density at radius 3 is 2.92 bits per heavy atom. The number of urea groups is 1. The van der Waals surface area contributed by atoms with Gasteiger partial charge in [-0.2, -0.15) is 0 Å². The van der Waals surface area contributed by atoms with Gasteiger partial charge in [0.2, 0.25) is 0 Å². The van der Waals surface area contributed by atoms with Crippen molar-refractivity contribution in [3.63, 3.8) is 0 Å². The van der Waals surface area contributed by atoms with Crippen LogP contribution >= 0.6 is 11.6 Å². The van der Waals surface area contributed by atoms with Crippen molar-refractivity contribution >= 4 is 34.9 Å². The molecule has 0 bridgehead atoms. The van der Waals surface area contributed by atoms with Crippen LogP contribution in [0.25, 0.3) is 0 Å². The van der Waals surface area contributed by atoms with Crippen LogP contribution in [0.3, 0.4) is 0 Å². The minimum atomic E-state index is -0.902. The Balaban J connectivity index is 1.65. The van der Waals surface area contributed by atoms with Gasteiger partial charge in [0, 0.05) is 10.7 Å². The van der Waals surface area contributed by atoms with Crippen molar-refractivity contribution in [2.45, 2.75) is 12.7 Å². The highest BCUT2D eigenvalue weighted by molar-refractivity contribution is 6.30. The predicted molar refractivity (Wildman–Crippen MR) is 92.8 cm³/mol. The summed E-state index contributed by atoms with van der Waals surface area (Å²) in [5.74, 6) is -0.0592. The minimum absolute atomic E-state index is 0.0719. The van der Waals surface area contributed by atoms with Crippen molar-refractivity contribution in [1.29, 1.82) is 0 Å². The van der Waals surface area contributed by atoms with Gasteiger partial charge < -0.3 is 20.7 Å². The number of ether oxygens (including phenoxy) is 1. The van der Waals surface area contributed by atoms with Gasteiger partial charge in [0.1, 0.15) is 25.1 Å². The van der Waals surface area contributed by atoms with E-state index in [4.69, 9.17) is 16.3 Å². The van der Waals surface area contributed by atoms with Crippen LogP contribution in [0.2, 0.25) is 5.02 Å². The molecule has 2 aromatic carbocycles. The van der Waals surface area contributed by atoms with E-state index in [-0.39, 0.29) is 6.61 Å². The maximum absolute atomic E-state index is 12.7. The zero-order chi connectivity index (χ0) is 17.8. The molecular formula is C17H15ClFN3O3. The second-order valence-electron chi connectivity index (χ2n) is 5.43.